The molecule has 0 aliphatic carbocycles. The van der Waals surface area contributed by atoms with Crippen molar-refractivity contribution in [3.05, 3.63) is 70.8 Å². The Labute approximate surface area is 177 Å². The van der Waals surface area contributed by atoms with Gasteiger partial charge in [0.1, 0.15) is 0 Å². The van der Waals surface area contributed by atoms with Gasteiger partial charge in [-0.3, -0.25) is 9.59 Å². The number of hydrogen-bond donors (Lipinski definition) is 3. The Hall–Kier alpha value is -3.35. The summed E-state index contributed by atoms with van der Waals surface area (Å²) in [5.74, 6) is 0.517. The maximum Gasteiger partial charge on any atom is 0.254 e. The fraction of sp³-hybridized carbons (Fsp3) is 0.348. The van der Waals surface area contributed by atoms with Gasteiger partial charge in [0, 0.05) is 31.7 Å². The molecule has 2 amide bonds. The Morgan fingerprint density at radius 3 is 2.60 bits per heavy atom. The summed E-state index contributed by atoms with van der Waals surface area (Å²) in [6, 6.07) is 15.7. The van der Waals surface area contributed by atoms with Gasteiger partial charge in [-0.1, -0.05) is 36.4 Å². The van der Waals surface area contributed by atoms with E-state index in [2.05, 4.69) is 40.0 Å². The zero-order chi connectivity index (χ0) is 21.3. The lowest BCUT2D eigenvalue weighted by Crippen LogP contribution is -2.49. The monoisotopic (exact) mass is 407 g/mol. The van der Waals surface area contributed by atoms with Gasteiger partial charge < -0.3 is 20.9 Å². The highest BCUT2D eigenvalue weighted by molar-refractivity contribution is 5.97. The molecule has 1 heterocycles. The average molecular weight is 408 g/mol. The molecule has 0 aromatic heterocycles. The van der Waals surface area contributed by atoms with E-state index in [9.17, 15) is 9.59 Å². The first-order valence-electron chi connectivity index (χ1n) is 10.3. The van der Waals surface area contributed by atoms with Crippen molar-refractivity contribution in [3.63, 3.8) is 0 Å². The number of amides is 2. The van der Waals surface area contributed by atoms with Crippen LogP contribution < -0.4 is 16.0 Å². The van der Waals surface area contributed by atoms with E-state index in [4.69, 9.17) is 0 Å². The summed E-state index contributed by atoms with van der Waals surface area (Å²) in [4.78, 5) is 30.3. The van der Waals surface area contributed by atoms with Gasteiger partial charge in [-0.05, 0) is 42.7 Å². The molecule has 7 nitrogen and oxygen atoms in total. The molecule has 1 saturated heterocycles. The molecule has 30 heavy (non-hydrogen) atoms. The highest BCUT2D eigenvalue weighted by Crippen LogP contribution is 2.10. The van der Waals surface area contributed by atoms with Crippen LogP contribution in [0.4, 0.5) is 0 Å². The lowest BCUT2D eigenvalue weighted by Gasteiger charge is -2.26. The van der Waals surface area contributed by atoms with Crippen LogP contribution in [-0.4, -0.2) is 48.9 Å². The Morgan fingerprint density at radius 1 is 1.13 bits per heavy atom. The first kappa shape index (κ1) is 21.4. The molecule has 3 N–H and O–H groups in total. The summed E-state index contributed by atoms with van der Waals surface area (Å²) in [5, 5.41) is 9.35. The minimum atomic E-state index is -0.117. The highest BCUT2D eigenvalue weighted by Gasteiger charge is 2.22. The predicted molar refractivity (Wildman–Crippen MR) is 118 cm³/mol. The number of nitrogens with one attached hydrogen (secondary N) is 3. The van der Waals surface area contributed by atoms with Crippen LogP contribution >= 0.6 is 0 Å². The van der Waals surface area contributed by atoms with Gasteiger partial charge >= 0.3 is 0 Å². The van der Waals surface area contributed by atoms with E-state index in [0.717, 1.165) is 18.1 Å². The van der Waals surface area contributed by atoms with Gasteiger partial charge in [-0.15, -0.1) is 0 Å². The first-order valence-corrected chi connectivity index (χ1v) is 10.3. The van der Waals surface area contributed by atoms with Gasteiger partial charge in [0.15, 0.2) is 5.96 Å². The fourth-order valence-electron chi connectivity index (χ4n) is 3.25. The second kappa shape index (κ2) is 10.4. The number of guanidine groups is 1. The zero-order valence-electron chi connectivity index (χ0n) is 17.6. The summed E-state index contributed by atoms with van der Waals surface area (Å²) >= 11 is 0. The number of rotatable bonds is 6. The summed E-state index contributed by atoms with van der Waals surface area (Å²) < 4.78 is 0. The molecule has 0 radical (unpaired) electrons. The molecular formula is C23H29N5O2. The maximum absolute atomic E-state index is 12.6. The number of nitrogens with zero attached hydrogens (tertiary/aromatic N) is 2. The van der Waals surface area contributed by atoms with E-state index in [1.807, 2.05) is 31.2 Å². The third-order valence-corrected chi connectivity index (χ3v) is 5.00. The van der Waals surface area contributed by atoms with Crippen LogP contribution in [0, 0.1) is 6.92 Å². The van der Waals surface area contributed by atoms with Crippen LogP contribution in [0.5, 0.6) is 0 Å². The van der Waals surface area contributed by atoms with Crippen LogP contribution in [-0.2, 0) is 17.9 Å². The third kappa shape index (κ3) is 5.83. The summed E-state index contributed by atoms with van der Waals surface area (Å²) in [6.07, 6.45) is 0. The molecular weight excluding hydrogens is 378 g/mol. The van der Waals surface area contributed by atoms with Crippen LogP contribution in [0.3, 0.4) is 0 Å². The molecule has 1 aliphatic heterocycles. The van der Waals surface area contributed by atoms with E-state index >= 15 is 0 Å². The van der Waals surface area contributed by atoms with Crippen LogP contribution in [0.1, 0.15) is 34.0 Å². The van der Waals surface area contributed by atoms with Crippen LogP contribution in [0.2, 0.25) is 0 Å². The Balaban J connectivity index is 1.59. The smallest absolute Gasteiger partial charge is 0.254 e. The standard InChI is InChI=1S/C23H29N5O2/c1-3-24-23(27-15-20-7-5-4-6-17(20)2)26-14-18-8-10-19(11-9-18)22(30)28-13-12-25-21(29)16-28/h4-11H,3,12-16H2,1-2H3,(H,25,29)(H2,24,26,27). The van der Waals surface area contributed by atoms with Gasteiger partial charge in [0.05, 0.1) is 13.1 Å². The summed E-state index contributed by atoms with van der Waals surface area (Å²) in [6.45, 7) is 7.26. The van der Waals surface area contributed by atoms with Crippen molar-refractivity contribution < 1.29 is 9.59 Å². The van der Waals surface area contributed by atoms with Crippen molar-refractivity contribution in [2.24, 2.45) is 4.99 Å². The Kier molecular flexibility index (Phi) is 7.43. The quantitative estimate of drug-likeness (QED) is 0.504. The van der Waals surface area contributed by atoms with Crippen molar-refractivity contribution in [2.75, 3.05) is 26.2 Å². The van der Waals surface area contributed by atoms with E-state index < -0.39 is 0 Å². The zero-order valence-corrected chi connectivity index (χ0v) is 17.6. The normalized spacial score (nSPS) is 14.3. The maximum atomic E-state index is 12.6. The second-order valence-corrected chi connectivity index (χ2v) is 7.25. The molecule has 3 rings (SSSR count). The average Bonchev–Trinajstić information content (AvgIpc) is 2.76. The van der Waals surface area contributed by atoms with E-state index in [0.29, 0.717) is 31.7 Å². The van der Waals surface area contributed by atoms with Crippen molar-refractivity contribution in [1.82, 2.24) is 20.9 Å². The molecule has 2 aromatic carbocycles. The van der Waals surface area contributed by atoms with Crippen LogP contribution in [0.15, 0.2) is 53.5 Å². The van der Waals surface area contributed by atoms with Crippen molar-refractivity contribution in [3.8, 4) is 0 Å². The summed E-state index contributed by atoms with van der Waals surface area (Å²) in [7, 11) is 0. The van der Waals surface area contributed by atoms with Crippen molar-refractivity contribution in [1.29, 1.82) is 0 Å². The second-order valence-electron chi connectivity index (χ2n) is 7.25. The molecule has 0 bridgehead atoms. The Bertz CT molecular complexity index is 908. The number of aliphatic imine (C=N–C) groups is 1. The largest absolute Gasteiger partial charge is 0.357 e. The van der Waals surface area contributed by atoms with Crippen molar-refractivity contribution in [2.45, 2.75) is 26.9 Å². The molecule has 0 unspecified atom stereocenters. The summed E-state index contributed by atoms with van der Waals surface area (Å²) in [5.41, 5.74) is 4.07. The number of hydrogen-bond acceptors (Lipinski definition) is 3. The molecule has 2 aromatic rings. The number of piperazine rings is 1. The number of carbonyl (C=O) groups excluding carboxylic acids is 2. The van der Waals surface area contributed by atoms with Gasteiger partial charge in [-0.2, -0.15) is 0 Å². The van der Waals surface area contributed by atoms with Gasteiger partial charge in [0.25, 0.3) is 5.91 Å². The van der Waals surface area contributed by atoms with E-state index in [1.54, 1.807) is 17.0 Å². The number of benzene rings is 2. The SMILES string of the molecule is CCNC(=NCc1ccc(C(=O)N2CCNC(=O)C2)cc1)NCc1ccccc1C. The van der Waals surface area contributed by atoms with E-state index in [1.165, 1.54) is 11.1 Å². The third-order valence-electron chi connectivity index (χ3n) is 5.00. The number of aryl methyl sites for hydroxylation is 1. The molecule has 0 spiro atoms. The van der Waals surface area contributed by atoms with Gasteiger partial charge in [0.2, 0.25) is 5.91 Å². The lowest BCUT2D eigenvalue weighted by molar-refractivity contribution is -0.123. The molecule has 158 valence electrons. The number of carbonyl (C=O) groups is 2. The van der Waals surface area contributed by atoms with Crippen molar-refractivity contribution >= 4 is 17.8 Å². The molecule has 0 atom stereocenters. The van der Waals surface area contributed by atoms with Gasteiger partial charge in [-0.25, -0.2) is 4.99 Å². The molecule has 1 fully saturated rings. The highest BCUT2D eigenvalue weighted by atomic mass is 16.2. The fourth-order valence-corrected chi connectivity index (χ4v) is 3.25. The lowest BCUT2D eigenvalue weighted by atomic mass is 10.1. The molecule has 1 aliphatic rings. The Morgan fingerprint density at radius 2 is 1.90 bits per heavy atom. The van der Waals surface area contributed by atoms with E-state index in [-0.39, 0.29) is 18.4 Å². The topological polar surface area (TPSA) is 85.8 Å². The van der Waals surface area contributed by atoms with Crippen LogP contribution in [0.25, 0.3) is 0 Å². The molecule has 0 saturated carbocycles. The minimum absolute atomic E-state index is 0.115. The molecule has 7 heteroatoms. The first-order chi connectivity index (χ1) is 14.6. The minimum Gasteiger partial charge on any atom is -0.357 e. The predicted octanol–water partition coefficient (Wildman–Crippen LogP) is 1.82.